The second-order valence-corrected chi connectivity index (χ2v) is 45.6. The average Bonchev–Trinajstić information content (AvgIpc) is 0.721. The van der Waals surface area contributed by atoms with Crippen molar-refractivity contribution in [2.24, 2.45) is 10.8 Å². The minimum absolute atomic E-state index is 0.0547. The highest BCUT2D eigenvalue weighted by molar-refractivity contribution is 6.06. The molecule has 0 N–H and O–H groups in total. The number of hydrogen-bond acceptors (Lipinski definition) is 13. The zero-order chi connectivity index (χ0) is 104. The molecule has 21 nitrogen and oxygen atoms in total. The van der Waals surface area contributed by atoms with E-state index in [0.717, 1.165) is 224 Å². The maximum Gasteiger partial charge on any atom is 0.529 e. The lowest BCUT2D eigenvalue weighted by Crippen LogP contribution is -2.73. The number of amides is 3. The third-order valence-corrected chi connectivity index (χ3v) is 32.3. The average molecular weight is 1940 g/mol. The number of quaternary nitrogens is 8. The molecule has 141 heavy (non-hydrogen) atoms. The summed E-state index contributed by atoms with van der Waals surface area (Å²) in [6.45, 7) is 42.8. The molecule has 3 amide bonds. The van der Waals surface area contributed by atoms with E-state index in [2.05, 4.69) is 215 Å². The number of benzene rings is 8. The molecule has 6 fully saturated rings. The van der Waals surface area contributed by atoms with Crippen molar-refractivity contribution in [3.05, 3.63) is 276 Å². The van der Waals surface area contributed by atoms with Gasteiger partial charge in [-0.1, -0.05) is 274 Å². The number of carbonyl (C=O) groups excluding carboxylic acids is 7. The molecule has 6 saturated heterocycles. The highest BCUT2D eigenvalue weighted by Gasteiger charge is 2.64. The molecular formula is C120H180N8O13+8. The number of piperidine rings is 6. The molecule has 0 spiro atoms. The van der Waals surface area contributed by atoms with Gasteiger partial charge >= 0.3 is 42.0 Å². The Bertz CT molecular complexity index is 5120. The first kappa shape index (κ1) is 116. The molecule has 21 heteroatoms. The fourth-order valence-electron chi connectivity index (χ4n) is 22.9. The monoisotopic (exact) mass is 1940 g/mol. The maximum atomic E-state index is 13.2. The molecule has 14 rings (SSSR count). The van der Waals surface area contributed by atoms with Crippen LogP contribution in [0.5, 0.6) is 0 Å². The summed E-state index contributed by atoms with van der Waals surface area (Å²) in [6, 6.07) is 81.5. The van der Waals surface area contributed by atoms with Crippen molar-refractivity contribution in [2.75, 3.05) is 190 Å². The van der Waals surface area contributed by atoms with E-state index in [1.807, 2.05) is 195 Å². The second-order valence-electron chi connectivity index (χ2n) is 45.6. The Morgan fingerprint density at radius 2 is 0.645 bits per heavy atom. The van der Waals surface area contributed by atoms with Gasteiger partial charge in [0.05, 0.1) is 240 Å². The minimum Gasteiger partial charge on any atom is -0.465 e. The third kappa shape index (κ3) is 28.1. The van der Waals surface area contributed by atoms with Crippen molar-refractivity contribution in [3.8, 4) is 0 Å². The summed E-state index contributed by atoms with van der Waals surface area (Å²) in [5.74, 6) is -0.534. The fourth-order valence-corrected chi connectivity index (χ4v) is 22.9. The summed E-state index contributed by atoms with van der Waals surface area (Å²) in [5.41, 5.74) is 5.98. The van der Waals surface area contributed by atoms with Crippen molar-refractivity contribution >= 4 is 53.3 Å². The highest BCUT2D eigenvalue weighted by atomic mass is 16.6. The first-order valence-electron chi connectivity index (χ1n) is 52.0. The van der Waals surface area contributed by atoms with Crippen molar-refractivity contribution in [2.45, 2.75) is 226 Å². The van der Waals surface area contributed by atoms with Gasteiger partial charge in [0.1, 0.15) is 27.6 Å². The quantitative estimate of drug-likeness (QED) is 0.0356. The third-order valence-electron chi connectivity index (χ3n) is 32.3. The van der Waals surface area contributed by atoms with Crippen LogP contribution < -0.4 is 8.97 Å². The van der Waals surface area contributed by atoms with Gasteiger partial charge in [-0.05, 0) is 80.1 Å². The van der Waals surface area contributed by atoms with Crippen LogP contribution >= 0.6 is 0 Å². The molecule has 0 saturated carbocycles. The van der Waals surface area contributed by atoms with E-state index >= 15 is 0 Å². The minimum atomic E-state index is -0.551. The Kier molecular flexibility index (Phi) is 40.8. The lowest BCUT2D eigenvalue weighted by molar-refractivity contribution is -0.915. The molecule has 8 aromatic carbocycles. The number of nitrogens with zero attached hydrogens (tertiary/aromatic N) is 8. The Morgan fingerprint density at radius 1 is 0.355 bits per heavy atom. The molecule has 4 atom stereocenters. The number of imide groups is 1. The maximum absolute atomic E-state index is 13.2. The number of rotatable bonds is 22. The normalized spacial score (nSPS) is 24.7. The molecule has 6 heterocycles. The largest absolute Gasteiger partial charge is 0.529 e. The van der Waals surface area contributed by atoms with Gasteiger partial charge in [-0.15, -0.1) is 4.48 Å². The number of likely N-dealkylation sites (tertiary alicyclic amines) is 6. The van der Waals surface area contributed by atoms with Gasteiger partial charge in [0.2, 0.25) is 0 Å². The van der Waals surface area contributed by atoms with Gasteiger partial charge < -0.3 is 55.3 Å². The zero-order valence-corrected chi connectivity index (χ0v) is 91.6. The van der Waals surface area contributed by atoms with Crippen LogP contribution in [0.4, 0.5) is 21.0 Å². The van der Waals surface area contributed by atoms with Crippen LogP contribution in [0, 0.1) is 10.8 Å². The van der Waals surface area contributed by atoms with Crippen LogP contribution in [0.1, 0.15) is 207 Å². The SMILES string of the molecule is CC.CC(C)OC(=O)C1(c2ccccc2)CC[N+](C)(C)CC1.CCC(=O)OC1(c2ccccc2)CC[N+](C)(C)CC1(C)C.CCC(=O)OC1(c2ccccc2)CC[N+](C)(C)CC1(C)C.CCOC(=O)C1(c2ccccc2)CC[N+](C)(C)CC1.COC(=O)[N+](C(C)=O)(c1ccccc1)C1(C)CC[N+](C)(CCc2ccccc2)CC1.COC(=O)[N+](C)(c1ccccc1)C1(C)CC[N+](C)(CCc2ccccc2)CC1. The van der Waals surface area contributed by atoms with E-state index in [1.54, 1.807) is 0 Å². The van der Waals surface area contributed by atoms with Gasteiger partial charge in [-0.3, -0.25) is 19.2 Å². The van der Waals surface area contributed by atoms with Crippen LogP contribution in [0.25, 0.3) is 0 Å². The van der Waals surface area contributed by atoms with E-state index < -0.39 is 33.7 Å². The number of methoxy groups -OCH3 is 2. The Labute approximate surface area is 849 Å². The Morgan fingerprint density at radius 3 is 0.943 bits per heavy atom. The number of carbonyl (C=O) groups is 7. The summed E-state index contributed by atoms with van der Waals surface area (Å²) in [4.78, 5) is 88.6. The summed E-state index contributed by atoms with van der Waals surface area (Å²) in [5, 5.41) is 0. The fraction of sp³-hybridized carbons (Fsp3) is 0.542. The van der Waals surface area contributed by atoms with E-state index in [0.29, 0.717) is 25.1 Å². The lowest BCUT2D eigenvalue weighted by atomic mass is 9.65. The molecule has 0 radical (unpaired) electrons. The summed E-state index contributed by atoms with van der Waals surface area (Å²) in [7, 11) is 27.4. The van der Waals surface area contributed by atoms with Crippen LogP contribution in [-0.4, -0.2) is 276 Å². The van der Waals surface area contributed by atoms with Gasteiger partial charge in [0.25, 0.3) is 0 Å². The van der Waals surface area contributed by atoms with E-state index in [-0.39, 0.29) is 67.3 Å². The molecule has 4 unspecified atom stereocenters. The molecule has 6 aliphatic rings. The van der Waals surface area contributed by atoms with Crippen LogP contribution in [0.3, 0.4) is 0 Å². The van der Waals surface area contributed by atoms with Gasteiger partial charge in [-0.2, -0.15) is 14.1 Å². The Hall–Kier alpha value is -10.1. The first-order chi connectivity index (χ1) is 66.4. The van der Waals surface area contributed by atoms with Crippen LogP contribution in [0.15, 0.2) is 243 Å². The number of para-hydroxylation sites is 2. The number of hydrogen-bond donors (Lipinski definition) is 0. The number of esters is 4. The lowest BCUT2D eigenvalue weighted by Gasteiger charge is -2.54. The second kappa shape index (κ2) is 49.5. The van der Waals surface area contributed by atoms with Crippen molar-refractivity contribution in [1.29, 1.82) is 0 Å². The summed E-state index contributed by atoms with van der Waals surface area (Å²) < 4.78 is 39.3. The molecule has 770 valence electrons. The summed E-state index contributed by atoms with van der Waals surface area (Å²) >= 11 is 0. The van der Waals surface area contributed by atoms with Crippen molar-refractivity contribution in [3.63, 3.8) is 0 Å². The van der Waals surface area contributed by atoms with Crippen LogP contribution in [-0.2, 0) is 87.3 Å². The predicted octanol–water partition coefficient (Wildman–Crippen LogP) is 22.0. The molecule has 0 aliphatic carbocycles. The highest BCUT2D eigenvalue weighted by Crippen LogP contribution is 2.53. The van der Waals surface area contributed by atoms with Crippen molar-refractivity contribution < 1.29 is 88.9 Å². The smallest absolute Gasteiger partial charge is 0.465 e. The molecular weight excluding hydrogens is 1760 g/mol. The van der Waals surface area contributed by atoms with Gasteiger partial charge in [0, 0.05) is 76.3 Å². The molecule has 0 aromatic heterocycles. The molecule has 0 bridgehead atoms. The van der Waals surface area contributed by atoms with Gasteiger partial charge in [0.15, 0.2) is 16.9 Å². The zero-order valence-electron chi connectivity index (χ0n) is 91.6. The van der Waals surface area contributed by atoms with Gasteiger partial charge in [-0.25, -0.2) is 4.79 Å². The summed E-state index contributed by atoms with van der Waals surface area (Å²) in [6.07, 6.45) is 10.9. The Balaban J connectivity index is 0.000000208. The standard InChI is InChI=1S/C25H34N2O3.C24H34N2O2.2C18H28NO2.C17H26NO2.C16H24NO2.C2H6/c1-21(28)27(24(29)30-4,23-13-9-6-10-14-23)25(2)16-19-26(3,20-17-25)18-15-22-11-7-5-8-12-22;1-24(26(3,23(27)28-4)22-13-9-6-10-14-22)16-19-25(2,20-17-24)18-15-21-11-7-5-8-12-21;2*1-6-16(20)21-18(15-10-8-7-9-11-15)12-13-19(4,5)14-17(18,2)3;1-14(2)20-16(19)17(15-8-6-5-7-9-15)10-12-18(3,4)13-11-17;1-4-19-15(18)16(14-8-6-5-7-9-14)10-12-17(2,3)13-11-16;1-2/h5-14H,15-20H2,1-4H3;5-14H,15-20H2,1-4H3;2*7-11H,6,12-14H2,1-5H3;5-9,14H,10-13H2,1-4H3;5-9H,4,10-13H2,1-3H3;1-2H3/q2*+2;4*+1;. The topological polar surface area (TPSA) is 175 Å². The van der Waals surface area contributed by atoms with E-state index in [4.69, 9.17) is 28.4 Å². The predicted molar refractivity (Wildman–Crippen MR) is 572 cm³/mol. The number of likely N-dealkylation sites (N-methyl/N-ethyl adjacent to an activating group) is 2. The molecule has 6 aliphatic heterocycles. The van der Waals surface area contributed by atoms with Crippen LogP contribution in [0.2, 0.25) is 0 Å². The first-order valence-corrected chi connectivity index (χ1v) is 52.0. The molecule has 8 aromatic rings. The van der Waals surface area contributed by atoms with Crippen molar-refractivity contribution in [1.82, 2.24) is 8.97 Å². The number of ether oxygens (including phenoxy) is 6. The van der Waals surface area contributed by atoms with E-state index in [1.165, 1.54) is 32.3 Å². The van der Waals surface area contributed by atoms with E-state index in [9.17, 15) is 33.6 Å².